The zero-order valence-corrected chi connectivity index (χ0v) is 57.1. The summed E-state index contributed by atoms with van der Waals surface area (Å²) in [6, 6.07) is 142. The van der Waals surface area contributed by atoms with Crippen molar-refractivity contribution in [1.29, 1.82) is 0 Å². The smallest absolute Gasteiger partial charge is 0.0547 e. The van der Waals surface area contributed by atoms with E-state index in [1.54, 1.807) is 0 Å². The maximum Gasteiger partial charge on any atom is 0.0547 e. The lowest BCUT2D eigenvalue weighted by Gasteiger charge is -2.12. The largest absolute Gasteiger partial charge is 0.309 e. The van der Waals surface area contributed by atoms with Crippen LogP contribution < -0.4 is 0 Å². The van der Waals surface area contributed by atoms with Crippen LogP contribution in [-0.2, 0) is 0 Å². The number of hydrogen-bond donors (Lipinski definition) is 0. The summed E-state index contributed by atoms with van der Waals surface area (Å²) in [7, 11) is 0. The number of rotatable bonds is 10. The van der Waals surface area contributed by atoms with E-state index in [1.807, 2.05) is 0 Å². The lowest BCUT2D eigenvalue weighted by molar-refractivity contribution is 1.18. The number of benzene rings is 17. The first-order valence-electron chi connectivity index (χ1n) is 36.2. The van der Waals surface area contributed by atoms with Gasteiger partial charge in [-0.3, -0.25) is 0 Å². The molecule has 0 amide bonds. The second-order valence-corrected chi connectivity index (χ2v) is 28.0. The van der Waals surface area contributed by atoms with Gasteiger partial charge in [0.05, 0.1) is 55.2 Å². The molecular formula is C100H63N5. The van der Waals surface area contributed by atoms with Crippen LogP contribution in [0.5, 0.6) is 0 Å². The quantitative estimate of drug-likeness (QED) is 0.130. The summed E-state index contributed by atoms with van der Waals surface area (Å²) in [4.78, 5) is 0. The van der Waals surface area contributed by atoms with Crippen molar-refractivity contribution in [3.63, 3.8) is 0 Å². The number of nitrogens with zero attached hydrogens (tertiary/aromatic N) is 5. The Hall–Kier alpha value is -14.0. The van der Waals surface area contributed by atoms with Crippen molar-refractivity contribution in [2.75, 3.05) is 0 Å². The van der Waals surface area contributed by atoms with Crippen LogP contribution in [0.3, 0.4) is 0 Å². The second kappa shape index (κ2) is 23.3. The second-order valence-electron chi connectivity index (χ2n) is 28.0. The lowest BCUT2D eigenvalue weighted by Crippen LogP contribution is -1.95. The van der Waals surface area contributed by atoms with Crippen molar-refractivity contribution in [1.82, 2.24) is 22.8 Å². The van der Waals surface area contributed by atoms with Crippen LogP contribution in [0.25, 0.3) is 204 Å². The summed E-state index contributed by atoms with van der Waals surface area (Å²) in [5.74, 6) is 0. The molecule has 0 saturated heterocycles. The summed E-state index contributed by atoms with van der Waals surface area (Å²) in [5, 5.41) is 14.7. The van der Waals surface area contributed by atoms with Gasteiger partial charge in [-0.15, -0.1) is 0 Å². The molecule has 0 aliphatic rings. The normalized spacial score (nSPS) is 12.0. The summed E-state index contributed by atoms with van der Waals surface area (Å²) in [6.07, 6.45) is 0. The van der Waals surface area contributed by atoms with E-state index in [9.17, 15) is 0 Å². The van der Waals surface area contributed by atoms with E-state index < -0.39 is 0 Å². The lowest BCUT2D eigenvalue weighted by atomic mass is 9.98. The van der Waals surface area contributed by atoms with E-state index >= 15 is 0 Å². The van der Waals surface area contributed by atoms with Gasteiger partial charge in [-0.25, -0.2) is 0 Å². The van der Waals surface area contributed by atoms with Crippen LogP contribution in [-0.4, -0.2) is 22.8 Å². The number of para-hydroxylation sites is 5. The van der Waals surface area contributed by atoms with Crippen molar-refractivity contribution in [3.05, 3.63) is 382 Å². The topological polar surface area (TPSA) is 24.6 Å². The van der Waals surface area contributed by atoms with Crippen molar-refractivity contribution < 1.29 is 0 Å². The number of fused-ring (bicyclic) bond motifs is 16. The molecule has 0 N–H and O–H groups in total. The molecule has 0 radical (unpaired) electrons. The predicted octanol–water partition coefficient (Wildman–Crippen LogP) is 26.7. The van der Waals surface area contributed by atoms with Gasteiger partial charge in [0, 0.05) is 82.3 Å². The number of hydrogen-bond acceptors (Lipinski definition) is 0. The van der Waals surface area contributed by atoms with Gasteiger partial charge >= 0.3 is 0 Å². The Morgan fingerprint density at radius 3 is 0.762 bits per heavy atom. The zero-order valence-electron chi connectivity index (χ0n) is 57.1. The van der Waals surface area contributed by atoms with Crippen LogP contribution >= 0.6 is 0 Å². The molecule has 5 aromatic heterocycles. The third kappa shape index (κ3) is 9.28. The van der Waals surface area contributed by atoms with Crippen LogP contribution in [0.1, 0.15) is 0 Å². The molecule has 22 rings (SSSR count). The van der Waals surface area contributed by atoms with E-state index in [0.717, 1.165) is 56.1 Å². The van der Waals surface area contributed by atoms with Gasteiger partial charge in [0.25, 0.3) is 0 Å². The minimum atomic E-state index is 1.10. The van der Waals surface area contributed by atoms with E-state index in [0.29, 0.717) is 0 Å². The molecule has 0 aliphatic heterocycles. The van der Waals surface area contributed by atoms with Gasteiger partial charge in [-0.05, 0) is 224 Å². The molecule has 105 heavy (non-hydrogen) atoms. The van der Waals surface area contributed by atoms with Crippen molar-refractivity contribution in [2.45, 2.75) is 0 Å². The first-order chi connectivity index (χ1) is 52.0. The summed E-state index contributed by atoms with van der Waals surface area (Å²) in [5.41, 5.74) is 29.2. The van der Waals surface area contributed by atoms with Gasteiger partial charge in [0.2, 0.25) is 0 Å². The van der Waals surface area contributed by atoms with E-state index in [-0.39, 0.29) is 0 Å². The molecule has 488 valence electrons. The predicted molar refractivity (Wildman–Crippen MR) is 443 cm³/mol. The van der Waals surface area contributed by atoms with E-state index in [1.165, 1.54) is 148 Å². The highest BCUT2D eigenvalue weighted by Crippen LogP contribution is 2.45. The molecule has 5 nitrogen and oxygen atoms in total. The minimum absolute atomic E-state index is 1.10. The molecule has 0 bridgehead atoms. The summed E-state index contributed by atoms with van der Waals surface area (Å²) < 4.78 is 12.1. The molecular weight excluding hydrogens is 1270 g/mol. The Kier molecular flexibility index (Phi) is 13.0. The maximum absolute atomic E-state index is 2.47. The van der Waals surface area contributed by atoms with Crippen molar-refractivity contribution in [2.24, 2.45) is 0 Å². The fourth-order valence-electron chi connectivity index (χ4n) is 17.3. The SMILES string of the molecule is c1ccc(-c2ccc(-n3c4ccccc4c4cc(-c5ccc6c(c5)c5ccc(-c7ccc(-n8c9ccc(-c%10ccc%11c(c%10)c%10ccccc%10n%11-c%10ccccc%10)cc9c9cc(-c%10ccc%11c(c%10)c%10ccccc%10n%11-c%10ccccc%10)ccc98)cc7)cc5n6-c5ccc6ccccc6c5)ccc43)cc2)cc1. The van der Waals surface area contributed by atoms with Gasteiger partial charge in [-0.2, -0.15) is 0 Å². The van der Waals surface area contributed by atoms with Crippen LogP contribution in [0, 0.1) is 0 Å². The van der Waals surface area contributed by atoms with Crippen LogP contribution in [0.2, 0.25) is 0 Å². The van der Waals surface area contributed by atoms with Gasteiger partial charge in [0.15, 0.2) is 0 Å². The molecule has 0 saturated carbocycles. The van der Waals surface area contributed by atoms with Crippen LogP contribution in [0.15, 0.2) is 382 Å². The Labute approximate surface area is 605 Å². The van der Waals surface area contributed by atoms with E-state index in [4.69, 9.17) is 0 Å². The van der Waals surface area contributed by atoms with Crippen molar-refractivity contribution in [3.8, 4) is 84.1 Å². The molecule has 0 aliphatic carbocycles. The minimum Gasteiger partial charge on any atom is -0.309 e. The third-order valence-corrected chi connectivity index (χ3v) is 22.3. The molecule has 17 aromatic carbocycles. The fourth-order valence-corrected chi connectivity index (χ4v) is 17.3. The molecule has 0 atom stereocenters. The Bertz CT molecular complexity index is 7070. The summed E-state index contributed by atoms with van der Waals surface area (Å²) >= 11 is 0. The number of aromatic nitrogens is 5. The fraction of sp³-hybridized carbons (Fsp3) is 0. The Balaban J connectivity index is 0.667. The first kappa shape index (κ1) is 58.8. The van der Waals surface area contributed by atoms with Crippen molar-refractivity contribution >= 4 is 120 Å². The molecule has 0 unspecified atom stereocenters. The van der Waals surface area contributed by atoms with Gasteiger partial charge in [-0.1, -0.05) is 224 Å². The average Bonchev–Trinajstić information content (AvgIpc) is 1.60. The van der Waals surface area contributed by atoms with Gasteiger partial charge < -0.3 is 22.8 Å². The molecule has 0 spiro atoms. The molecule has 5 heterocycles. The third-order valence-electron chi connectivity index (χ3n) is 22.3. The average molecular weight is 1330 g/mol. The Morgan fingerprint density at radius 1 is 0.114 bits per heavy atom. The standard InChI is InChI=1S/C100H63N5/c1-4-18-64(19-5-1)66-32-44-78(45-33-66)103-93-31-17-14-28-83(93)87-57-69(40-52-96(87)103)72-41-53-97-88(60-72)84-49-37-75(63-100(84)105(97)80-48-36-65-20-10-11-21-68(65)56-80)67-34-46-79(47-35-67)104-98-54-42-73(70-38-50-94-85(58-70)81-26-12-15-29-91(81)101(94)76-22-6-2-7-23-76)61-89(98)90-62-74(43-55-99(90)104)71-39-51-95-86(59-71)82-27-13-16-30-92(82)102(95)77-24-8-3-9-25-77/h1-63H. The highest BCUT2D eigenvalue weighted by Gasteiger charge is 2.22. The molecule has 5 heteroatoms. The first-order valence-corrected chi connectivity index (χ1v) is 36.2. The summed E-state index contributed by atoms with van der Waals surface area (Å²) in [6.45, 7) is 0. The molecule has 22 aromatic rings. The highest BCUT2D eigenvalue weighted by molar-refractivity contribution is 6.17. The highest BCUT2D eigenvalue weighted by atomic mass is 15.0. The zero-order chi connectivity index (χ0) is 68.8. The molecule has 0 fully saturated rings. The van der Waals surface area contributed by atoms with E-state index in [2.05, 4.69) is 405 Å². The van der Waals surface area contributed by atoms with Gasteiger partial charge in [0.1, 0.15) is 0 Å². The van der Waals surface area contributed by atoms with Crippen LogP contribution in [0.4, 0.5) is 0 Å². The maximum atomic E-state index is 2.47. The Morgan fingerprint density at radius 2 is 0.362 bits per heavy atom. The monoisotopic (exact) mass is 1330 g/mol.